The average molecular weight is 805 g/mol. The molecule has 13 rings (SSSR count). The maximum atomic E-state index is 6.13. The normalized spacial score (nSPS) is 11.8. The Morgan fingerprint density at radius 2 is 0.857 bits per heavy atom. The first-order valence-corrected chi connectivity index (χ1v) is 21.3. The van der Waals surface area contributed by atoms with Gasteiger partial charge in [0.05, 0.1) is 33.5 Å². The molecule has 0 aliphatic carbocycles. The summed E-state index contributed by atoms with van der Waals surface area (Å²) in [6, 6.07) is 75.8. The summed E-state index contributed by atoms with van der Waals surface area (Å²) in [5.41, 5.74) is 18.0. The number of pyridine rings is 2. The van der Waals surface area contributed by atoms with E-state index in [1.165, 1.54) is 38.2 Å². The highest BCUT2D eigenvalue weighted by atomic mass is 16.3. The van der Waals surface area contributed by atoms with Crippen molar-refractivity contribution in [1.29, 1.82) is 0 Å². The van der Waals surface area contributed by atoms with E-state index in [1.54, 1.807) is 0 Å². The molecule has 0 N–H and O–H groups in total. The van der Waals surface area contributed by atoms with Gasteiger partial charge >= 0.3 is 0 Å². The number of nitrogens with zero attached hydrogens (tertiary/aromatic N) is 4. The van der Waals surface area contributed by atoms with E-state index in [0.717, 1.165) is 83.6 Å². The van der Waals surface area contributed by atoms with Gasteiger partial charge in [0, 0.05) is 55.6 Å². The van der Waals surface area contributed by atoms with Gasteiger partial charge in [-0.05, 0) is 113 Å². The Morgan fingerprint density at radius 1 is 0.317 bits per heavy atom. The lowest BCUT2D eigenvalue weighted by molar-refractivity contribution is 0.668. The van der Waals surface area contributed by atoms with Crippen molar-refractivity contribution in [2.45, 2.75) is 0 Å². The van der Waals surface area contributed by atoms with Gasteiger partial charge in [-0.2, -0.15) is 0 Å². The zero-order chi connectivity index (χ0) is 41.4. The van der Waals surface area contributed by atoms with Crippen molar-refractivity contribution >= 4 is 65.7 Å². The van der Waals surface area contributed by atoms with Crippen LogP contribution in [-0.4, -0.2) is 19.1 Å². The van der Waals surface area contributed by atoms with Crippen molar-refractivity contribution in [3.8, 4) is 56.1 Å². The van der Waals surface area contributed by atoms with E-state index in [-0.39, 0.29) is 0 Å². The van der Waals surface area contributed by atoms with Crippen molar-refractivity contribution in [3.63, 3.8) is 0 Å². The third-order valence-electron chi connectivity index (χ3n) is 12.5. The number of hydrogen-bond donors (Lipinski definition) is 0. The number of rotatable bonds is 6. The van der Waals surface area contributed by atoms with Crippen LogP contribution < -0.4 is 0 Å². The van der Waals surface area contributed by atoms with Crippen LogP contribution in [0.25, 0.3) is 122 Å². The van der Waals surface area contributed by atoms with E-state index in [2.05, 4.69) is 202 Å². The zero-order valence-electron chi connectivity index (χ0n) is 34.0. The Morgan fingerprint density at radius 3 is 1.49 bits per heavy atom. The summed E-state index contributed by atoms with van der Waals surface area (Å²) in [6.07, 6.45) is 1.82. The topological polar surface area (TPSA) is 48.8 Å². The molecule has 13 aromatic rings. The first-order valence-electron chi connectivity index (χ1n) is 21.3. The molecule has 0 aliphatic heterocycles. The SMILES string of the molecule is c1ccc(-c2cc(-c3cccc(-n4c5ccccc5c5cc(-c6ccc7c(c6)c6ccccc6n7-c6ccc7oc8cccnc8c7c6)ccc54)c3)cc(-c3ccccc3)n2)cc1. The van der Waals surface area contributed by atoms with Crippen molar-refractivity contribution in [3.05, 3.63) is 219 Å². The summed E-state index contributed by atoms with van der Waals surface area (Å²) in [7, 11) is 0. The van der Waals surface area contributed by atoms with Crippen LogP contribution in [0.2, 0.25) is 0 Å². The van der Waals surface area contributed by atoms with E-state index in [1.807, 2.05) is 30.5 Å². The highest BCUT2D eigenvalue weighted by molar-refractivity contribution is 6.13. The van der Waals surface area contributed by atoms with Crippen molar-refractivity contribution in [2.24, 2.45) is 0 Å². The number of aromatic nitrogens is 4. The van der Waals surface area contributed by atoms with Crippen LogP contribution in [0, 0.1) is 0 Å². The molecule has 63 heavy (non-hydrogen) atoms. The van der Waals surface area contributed by atoms with Gasteiger partial charge in [0.25, 0.3) is 0 Å². The standard InChI is InChI=1S/C58H36N4O/c1-3-13-37(14-4-1)50-34-42(35-51(60-50)38-15-5-2-6-16-38)39-17-11-18-43(31-39)61-52-21-9-7-19-45(52)47-32-40(24-27-54(47)61)41-25-28-55-48(33-41)46-20-8-10-22-53(46)62(55)44-26-29-56-49(36-44)58-57(63-56)23-12-30-59-58/h1-36H. The van der Waals surface area contributed by atoms with Gasteiger partial charge in [0.2, 0.25) is 0 Å². The monoisotopic (exact) mass is 804 g/mol. The molecule has 294 valence electrons. The molecule has 0 atom stereocenters. The Balaban J connectivity index is 0.931. The van der Waals surface area contributed by atoms with Crippen LogP contribution in [0.4, 0.5) is 0 Å². The highest BCUT2D eigenvalue weighted by Crippen LogP contribution is 2.40. The minimum atomic E-state index is 0.797. The largest absolute Gasteiger partial charge is 0.454 e. The maximum absolute atomic E-state index is 6.13. The molecule has 0 saturated heterocycles. The average Bonchev–Trinajstić information content (AvgIpc) is 4.01. The van der Waals surface area contributed by atoms with E-state index in [9.17, 15) is 0 Å². The fraction of sp³-hybridized carbons (Fsp3) is 0. The van der Waals surface area contributed by atoms with Gasteiger partial charge in [-0.15, -0.1) is 0 Å². The van der Waals surface area contributed by atoms with E-state index < -0.39 is 0 Å². The second kappa shape index (κ2) is 14.0. The van der Waals surface area contributed by atoms with Gasteiger partial charge in [-0.3, -0.25) is 4.98 Å². The first-order chi connectivity index (χ1) is 31.2. The highest BCUT2D eigenvalue weighted by Gasteiger charge is 2.18. The van der Waals surface area contributed by atoms with E-state index >= 15 is 0 Å². The fourth-order valence-corrected chi connectivity index (χ4v) is 9.62. The van der Waals surface area contributed by atoms with Crippen LogP contribution in [0.15, 0.2) is 223 Å². The predicted molar refractivity (Wildman–Crippen MR) is 260 cm³/mol. The van der Waals surface area contributed by atoms with Crippen LogP contribution in [0.3, 0.4) is 0 Å². The molecule has 5 aromatic heterocycles. The van der Waals surface area contributed by atoms with Gasteiger partial charge in [-0.1, -0.05) is 121 Å². The molecule has 5 heteroatoms. The predicted octanol–water partition coefficient (Wildman–Crippen LogP) is 15.2. The van der Waals surface area contributed by atoms with Crippen LogP contribution in [-0.2, 0) is 0 Å². The van der Waals surface area contributed by atoms with Gasteiger partial charge in [-0.25, -0.2) is 4.98 Å². The lowest BCUT2D eigenvalue weighted by Crippen LogP contribution is -1.95. The molecule has 8 aromatic carbocycles. The second-order valence-electron chi connectivity index (χ2n) is 16.2. The first kappa shape index (κ1) is 35.2. The minimum absolute atomic E-state index is 0.797. The molecular formula is C58H36N4O. The number of hydrogen-bond acceptors (Lipinski definition) is 3. The van der Waals surface area contributed by atoms with E-state index in [4.69, 9.17) is 9.40 Å². The zero-order valence-corrected chi connectivity index (χ0v) is 34.0. The Labute approximate surface area is 362 Å². The molecule has 0 radical (unpaired) electrons. The number of para-hydroxylation sites is 2. The molecule has 5 heterocycles. The molecule has 0 aliphatic rings. The van der Waals surface area contributed by atoms with Crippen LogP contribution in [0.1, 0.15) is 0 Å². The van der Waals surface area contributed by atoms with Gasteiger partial charge < -0.3 is 13.6 Å². The molecule has 5 nitrogen and oxygen atoms in total. The van der Waals surface area contributed by atoms with E-state index in [0.29, 0.717) is 0 Å². The summed E-state index contributed by atoms with van der Waals surface area (Å²) >= 11 is 0. The summed E-state index contributed by atoms with van der Waals surface area (Å²) < 4.78 is 10.9. The second-order valence-corrected chi connectivity index (χ2v) is 16.2. The third-order valence-corrected chi connectivity index (χ3v) is 12.5. The Bertz CT molecular complexity index is 3860. The van der Waals surface area contributed by atoms with Crippen molar-refractivity contribution in [1.82, 2.24) is 19.1 Å². The van der Waals surface area contributed by atoms with Crippen LogP contribution in [0.5, 0.6) is 0 Å². The molecular weight excluding hydrogens is 769 g/mol. The summed E-state index contributed by atoms with van der Waals surface area (Å²) in [4.78, 5) is 9.79. The van der Waals surface area contributed by atoms with Gasteiger partial charge in [0.1, 0.15) is 11.1 Å². The molecule has 0 bridgehead atoms. The Kier molecular flexibility index (Phi) is 7.84. The van der Waals surface area contributed by atoms with Crippen molar-refractivity contribution in [2.75, 3.05) is 0 Å². The lowest BCUT2D eigenvalue weighted by Gasteiger charge is -2.13. The number of benzene rings is 8. The Hall–Kier alpha value is -8.54. The minimum Gasteiger partial charge on any atom is -0.454 e. The fourth-order valence-electron chi connectivity index (χ4n) is 9.62. The molecule has 0 amide bonds. The van der Waals surface area contributed by atoms with Gasteiger partial charge in [0.15, 0.2) is 5.58 Å². The van der Waals surface area contributed by atoms with Crippen molar-refractivity contribution < 1.29 is 4.42 Å². The van der Waals surface area contributed by atoms with Crippen LogP contribution >= 0.6 is 0 Å². The summed E-state index contributed by atoms with van der Waals surface area (Å²) in [6.45, 7) is 0. The summed E-state index contributed by atoms with van der Waals surface area (Å²) in [5, 5.41) is 5.86. The smallest absolute Gasteiger partial charge is 0.153 e. The number of furan rings is 1. The quantitative estimate of drug-likeness (QED) is 0.168. The lowest BCUT2D eigenvalue weighted by atomic mass is 9.99. The molecule has 0 unspecified atom stereocenters. The molecule has 0 spiro atoms. The molecule has 0 fully saturated rings. The third kappa shape index (κ3) is 5.71. The summed E-state index contributed by atoms with van der Waals surface area (Å²) in [5.74, 6) is 0. The molecule has 0 saturated carbocycles. The number of fused-ring (bicyclic) bond motifs is 9. The maximum Gasteiger partial charge on any atom is 0.153 e.